The number of rotatable bonds is 7. The summed E-state index contributed by atoms with van der Waals surface area (Å²) < 4.78 is 4.93. The van der Waals surface area contributed by atoms with Gasteiger partial charge in [-0.2, -0.15) is 0 Å². The molecule has 0 aliphatic carbocycles. The molecule has 0 rings (SSSR count). The Bertz CT molecular complexity index is 328. The fourth-order valence-electron chi connectivity index (χ4n) is 1.37. The Morgan fingerprint density at radius 1 is 1.35 bits per heavy atom. The normalized spacial score (nSPS) is 13.0. The molecule has 4 heteroatoms. The molecule has 0 fully saturated rings. The van der Waals surface area contributed by atoms with Gasteiger partial charge in [0.05, 0.1) is 12.6 Å². The Hall–Kier alpha value is -1.58. The monoisotopic (exact) mass is 239 g/mol. The molecule has 0 N–H and O–H groups in total. The number of carboxylic acid groups (broad SMARTS) is 1. The maximum absolute atomic E-state index is 10.7. The number of carbonyl (C=O) groups excluding carboxylic acids is 2. The second kappa shape index (κ2) is 7.65. The SMILES string of the molecule is C=C(C)C(CC/C(C)=C/C(=O)[O-])COC(C)=O. The predicted molar refractivity (Wildman–Crippen MR) is 62.9 cm³/mol. The molecule has 17 heavy (non-hydrogen) atoms. The van der Waals surface area contributed by atoms with Gasteiger partial charge in [-0.25, -0.2) is 0 Å². The van der Waals surface area contributed by atoms with Crippen LogP contribution < -0.4 is 5.11 Å². The maximum atomic E-state index is 10.7. The zero-order chi connectivity index (χ0) is 13.4. The van der Waals surface area contributed by atoms with E-state index >= 15 is 0 Å². The molecular formula is C13H19O4-. The number of carboxylic acids is 1. The molecule has 0 aliphatic heterocycles. The van der Waals surface area contributed by atoms with Crippen molar-refractivity contribution in [2.24, 2.45) is 5.92 Å². The van der Waals surface area contributed by atoms with E-state index in [9.17, 15) is 14.7 Å². The van der Waals surface area contributed by atoms with Crippen LogP contribution in [-0.2, 0) is 14.3 Å². The molecule has 0 radical (unpaired) electrons. The van der Waals surface area contributed by atoms with E-state index in [0.29, 0.717) is 19.4 Å². The van der Waals surface area contributed by atoms with Gasteiger partial charge in [-0.15, -0.1) is 0 Å². The van der Waals surface area contributed by atoms with E-state index in [4.69, 9.17) is 4.74 Å². The highest BCUT2D eigenvalue weighted by molar-refractivity contribution is 5.78. The minimum Gasteiger partial charge on any atom is -0.545 e. The Morgan fingerprint density at radius 2 is 1.94 bits per heavy atom. The van der Waals surface area contributed by atoms with Crippen LogP contribution in [0.1, 0.15) is 33.6 Å². The quantitative estimate of drug-likeness (QED) is 0.380. The van der Waals surface area contributed by atoms with Gasteiger partial charge < -0.3 is 14.6 Å². The number of esters is 1. The van der Waals surface area contributed by atoms with Crippen LogP contribution in [0.2, 0.25) is 0 Å². The molecule has 0 aromatic rings. The van der Waals surface area contributed by atoms with Crippen molar-refractivity contribution in [1.29, 1.82) is 0 Å². The van der Waals surface area contributed by atoms with Crippen LogP contribution in [0, 0.1) is 5.92 Å². The molecule has 96 valence electrons. The first-order chi connectivity index (χ1) is 7.82. The lowest BCUT2D eigenvalue weighted by Gasteiger charge is -2.16. The highest BCUT2D eigenvalue weighted by atomic mass is 16.5. The largest absolute Gasteiger partial charge is 0.545 e. The fourth-order valence-corrected chi connectivity index (χ4v) is 1.37. The van der Waals surface area contributed by atoms with Crippen LogP contribution in [0.4, 0.5) is 0 Å². The highest BCUT2D eigenvalue weighted by Gasteiger charge is 2.11. The molecule has 0 bridgehead atoms. The third-order valence-electron chi connectivity index (χ3n) is 2.44. The summed E-state index contributed by atoms with van der Waals surface area (Å²) in [4.78, 5) is 21.0. The molecule has 4 nitrogen and oxygen atoms in total. The third kappa shape index (κ3) is 8.25. The van der Waals surface area contributed by atoms with E-state index in [1.54, 1.807) is 6.92 Å². The number of allylic oxidation sites excluding steroid dienone is 1. The van der Waals surface area contributed by atoms with Crippen LogP contribution in [0.5, 0.6) is 0 Å². The summed E-state index contributed by atoms with van der Waals surface area (Å²) >= 11 is 0. The summed E-state index contributed by atoms with van der Waals surface area (Å²) in [5.74, 6) is -1.45. The number of carbonyl (C=O) groups is 2. The average Bonchev–Trinajstić information content (AvgIpc) is 2.15. The summed E-state index contributed by atoms with van der Waals surface area (Å²) in [6, 6.07) is 0. The predicted octanol–water partition coefficient (Wildman–Crippen LogP) is 1.22. The molecule has 0 saturated carbocycles. The van der Waals surface area contributed by atoms with Crippen LogP contribution in [0.3, 0.4) is 0 Å². The Kier molecular flexibility index (Phi) is 6.94. The molecule has 0 aromatic heterocycles. The van der Waals surface area contributed by atoms with E-state index in [-0.39, 0.29) is 11.9 Å². The highest BCUT2D eigenvalue weighted by Crippen LogP contribution is 2.18. The van der Waals surface area contributed by atoms with Crippen molar-refractivity contribution >= 4 is 11.9 Å². The van der Waals surface area contributed by atoms with Gasteiger partial charge in [0, 0.05) is 12.8 Å². The average molecular weight is 239 g/mol. The second-order valence-corrected chi connectivity index (χ2v) is 4.19. The minimum atomic E-state index is -1.19. The summed E-state index contributed by atoms with van der Waals surface area (Å²) in [6.07, 6.45) is 2.41. The first kappa shape index (κ1) is 15.4. The van der Waals surface area contributed by atoms with Gasteiger partial charge in [0.25, 0.3) is 0 Å². The van der Waals surface area contributed by atoms with Crippen LogP contribution >= 0.6 is 0 Å². The van der Waals surface area contributed by atoms with Crippen molar-refractivity contribution in [3.8, 4) is 0 Å². The van der Waals surface area contributed by atoms with Crippen LogP contribution in [0.15, 0.2) is 23.8 Å². The molecule has 0 amide bonds. The first-order valence-electron chi connectivity index (χ1n) is 5.49. The van der Waals surface area contributed by atoms with Crippen molar-refractivity contribution in [2.45, 2.75) is 33.6 Å². The zero-order valence-corrected chi connectivity index (χ0v) is 10.6. The summed E-state index contributed by atoms with van der Waals surface area (Å²) in [7, 11) is 0. The van der Waals surface area contributed by atoms with E-state index in [1.807, 2.05) is 6.92 Å². The maximum Gasteiger partial charge on any atom is 0.302 e. The second-order valence-electron chi connectivity index (χ2n) is 4.19. The molecule has 0 heterocycles. The standard InChI is InChI=1S/C13H20O4/c1-9(2)12(8-17-11(4)14)6-5-10(3)7-13(15)16/h7,12H,1,5-6,8H2,2-4H3,(H,15,16)/p-1/b10-7+. The van der Waals surface area contributed by atoms with Crippen LogP contribution in [0.25, 0.3) is 0 Å². The van der Waals surface area contributed by atoms with Crippen molar-refractivity contribution in [2.75, 3.05) is 6.61 Å². The molecule has 1 atom stereocenters. The third-order valence-corrected chi connectivity index (χ3v) is 2.44. The molecular weight excluding hydrogens is 220 g/mol. The van der Waals surface area contributed by atoms with Gasteiger partial charge in [0.1, 0.15) is 0 Å². The number of hydrogen-bond donors (Lipinski definition) is 0. The molecule has 0 spiro atoms. The van der Waals surface area contributed by atoms with Gasteiger partial charge in [0.15, 0.2) is 0 Å². The zero-order valence-electron chi connectivity index (χ0n) is 10.6. The fraction of sp³-hybridized carbons (Fsp3) is 0.538. The van der Waals surface area contributed by atoms with Crippen molar-refractivity contribution in [3.63, 3.8) is 0 Å². The van der Waals surface area contributed by atoms with Crippen LogP contribution in [-0.4, -0.2) is 18.5 Å². The lowest BCUT2D eigenvalue weighted by atomic mass is 9.95. The van der Waals surface area contributed by atoms with Gasteiger partial charge in [-0.1, -0.05) is 17.7 Å². The van der Waals surface area contributed by atoms with Crippen molar-refractivity contribution in [1.82, 2.24) is 0 Å². The summed E-state index contributed by atoms with van der Waals surface area (Å²) in [5.41, 5.74) is 1.66. The molecule has 0 aliphatic rings. The molecule has 1 unspecified atom stereocenters. The Morgan fingerprint density at radius 3 is 2.35 bits per heavy atom. The first-order valence-corrected chi connectivity index (χ1v) is 5.49. The smallest absolute Gasteiger partial charge is 0.302 e. The number of ether oxygens (including phenoxy) is 1. The van der Waals surface area contributed by atoms with E-state index in [0.717, 1.165) is 17.2 Å². The van der Waals surface area contributed by atoms with Gasteiger partial charge >= 0.3 is 5.97 Å². The Balaban J connectivity index is 4.22. The van der Waals surface area contributed by atoms with Crippen molar-refractivity contribution in [3.05, 3.63) is 23.8 Å². The minimum absolute atomic E-state index is 0.0593. The van der Waals surface area contributed by atoms with E-state index in [1.165, 1.54) is 6.92 Å². The number of hydrogen-bond acceptors (Lipinski definition) is 4. The lowest BCUT2D eigenvalue weighted by Crippen LogP contribution is -2.19. The van der Waals surface area contributed by atoms with Gasteiger partial charge in [-0.05, 0) is 32.8 Å². The van der Waals surface area contributed by atoms with E-state index in [2.05, 4.69) is 6.58 Å². The van der Waals surface area contributed by atoms with Gasteiger partial charge in [0.2, 0.25) is 0 Å². The summed E-state index contributed by atoms with van der Waals surface area (Å²) in [6.45, 7) is 9.09. The van der Waals surface area contributed by atoms with E-state index < -0.39 is 5.97 Å². The molecule has 0 saturated heterocycles. The molecule has 0 aromatic carbocycles. The topological polar surface area (TPSA) is 66.4 Å². The lowest BCUT2D eigenvalue weighted by molar-refractivity contribution is -0.297. The van der Waals surface area contributed by atoms with Gasteiger partial charge in [-0.3, -0.25) is 4.79 Å². The Labute approximate surface area is 102 Å². The summed E-state index contributed by atoms with van der Waals surface area (Å²) in [5, 5.41) is 10.3. The number of aliphatic carboxylic acids is 1. The van der Waals surface area contributed by atoms with Crippen molar-refractivity contribution < 1.29 is 19.4 Å².